The summed E-state index contributed by atoms with van der Waals surface area (Å²) in [5, 5.41) is 0. The van der Waals surface area contributed by atoms with Crippen LogP contribution in [0.4, 0.5) is 0 Å². The van der Waals surface area contributed by atoms with Gasteiger partial charge in [-0.05, 0) is 43.5 Å². The molecule has 86 valence electrons. The van der Waals surface area contributed by atoms with Crippen LogP contribution in [0.2, 0.25) is 0 Å². The Labute approximate surface area is 101 Å². The molecule has 0 atom stereocenters. The Balaban J connectivity index is 2.21. The molecule has 0 unspecified atom stereocenters. The minimum Gasteiger partial charge on any atom is -0.298 e. The Morgan fingerprint density at radius 2 is 1.59 bits per heavy atom. The van der Waals surface area contributed by atoms with Crippen molar-refractivity contribution in [3.63, 3.8) is 0 Å². The molecule has 2 heteroatoms. The molecular weight excluding hydrogens is 210 g/mol. The summed E-state index contributed by atoms with van der Waals surface area (Å²) in [5.74, 6) is 0. The van der Waals surface area contributed by atoms with Gasteiger partial charge in [0, 0.05) is 17.0 Å². The van der Waals surface area contributed by atoms with Crippen LogP contribution in [0.5, 0.6) is 0 Å². The van der Waals surface area contributed by atoms with Crippen LogP contribution >= 0.6 is 0 Å². The highest BCUT2D eigenvalue weighted by molar-refractivity contribution is 5.74. The first-order valence-electron chi connectivity index (χ1n) is 5.65. The van der Waals surface area contributed by atoms with Crippen LogP contribution in [0.1, 0.15) is 32.9 Å². The molecule has 0 saturated carbocycles. The van der Waals surface area contributed by atoms with Crippen LogP contribution < -0.4 is 0 Å². The molecule has 1 aromatic carbocycles. The second-order valence-corrected chi connectivity index (χ2v) is 4.29. The topological polar surface area (TPSA) is 30.0 Å². The summed E-state index contributed by atoms with van der Waals surface area (Å²) in [6.45, 7) is 4.01. The fourth-order valence-electron chi connectivity index (χ4n) is 1.97. The zero-order valence-electron chi connectivity index (χ0n) is 10.1. The molecule has 0 spiro atoms. The third kappa shape index (κ3) is 3.00. The maximum atomic E-state index is 10.6. The Hall–Kier alpha value is -1.96. The van der Waals surface area contributed by atoms with Gasteiger partial charge in [-0.15, -0.1) is 0 Å². The van der Waals surface area contributed by atoms with Gasteiger partial charge in [0.25, 0.3) is 0 Å². The number of pyridine rings is 1. The van der Waals surface area contributed by atoms with Gasteiger partial charge in [0.1, 0.15) is 6.29 Å². The van der Waals surface area contributed by atoms with Crippen molar-refractivity contribution < 1.29 is 4.79 Å². The van der Waals surface area contributed by atoms with Crippen molar-refractivity contribution in [1.82, 2.24) is 4.98 Å². The molecule has 2 nitrogen and oxygen atoms in total. The predicted octanol–water partition coefficient (Wildman–Crippen LogP) is 3.10. The van der Waals surface area contributed by atoms with Gasteiger partial charge in [-0.1, -0.05) is 24.3 Å². The van der Waals surface area contributed by atoms with Gasteiger partial charge in [-0.3, -0.25) is 9.78 Å². The van der Waals surface area contributed by atoms with E-state index in [2.05, 4.69) is 17.1 Å². The van der Waals surface area contributed by atoms with Gasteiger partial charge < -0.3 is 0 Å². The van der Waals surface area contributed by atoms with Crippen molar-refractivity contribution in [3.8, 4) is 0 Å². The Morgan fingerprint density at radius 1 is 1.00 bits per heavy atom. The smallest absolute Gasteiger partial charge is 0.150 e. The van der Waals surface area contributed by atoms with Gasteiger partial charge in [-0.2, -0.15) is 0 Å². The first kappa shape index (κ1) is 11.5. The van der Waals surface area contributed by atoms with Crippen molar-refractivity contribution >= 4 is 6.29 Å². The lowest BCUT2D eigenvalue weighted by Crippen LogP contribution is -1.93. The average Bonchev–Trinajstić information content (AvgIpc) is 2.28. The molecule has 0 amide bonds. The summed E-state index contributed by atoms with van der Waals surface area (Å²) in [4.78, 5) is 14.9. The van der Waals surface area contributed by atoms with Crippen LogP contribution in [-0.4, -0.2) is 11.3 Å². The minimum absolute atomic E-state index is 0.718. The van der Waals surface area contributed by atoms with E-state index in [-0.39, 0.29) is 0 Å². The van der Waals surface area contributed by atoms with Crippen molar-refractivity contribution in [2.75, 3.05) is 0 Å². The molecule has 1 heterocycles. The zero-order chi connectivity index (χ0) is 12.3. The Kier molecular flexibility index (Phi) is 3.33. The van der Waals surface area contributed by atoms with Gasteiger partial charge in [0.15, 0.2) is 0 Å². The molecule has 0 radical (unpaired) electrons. The lowest BCUT2D eigenvalue weighted by Gasteiger charge is -2.05. The van der Waals surface area contributed by atoms with Crippen molar-refractivity contribution in [1.29, 1.82) is 0 Å². The highest BCUT2D eigenvalue weighted by Gasteiger charge is 1.99. The zero-order valence-corrected chi connectivity index (χ0v) is 10.1. The number of hydrogen-bond acceptors (Lipinski definition) is 2. The highest BCUT2D eigenvalue weighted by Crippen LogP contribution is 2.12. The molecule has 0 bridgehead atoms. The van der Waals surface area contributed by atoms with Crippen LogP contribution in [0.3, 0.4) is 0 Å². The van der Waals surface area contributed by atoms with E-state index >= 15 is 0 Å². The standard InChI is InChI=1S/C15H15NO/c1-11-7-15(8-12(2)16-11)9-13-3-5-14(10-17)6-4-13/h3-8,10H,9H2,1-2H3. The summed E-state index contributed by atoms with van der Waals surface area (Å²) in [6, 6.07) is 11.9. The fraction of sp³-hybridized carbons (Fsp3) is 0.200. The maximum absolute atomic E-state index is 10.6. The van der Waals surface area contributed by atoms with E-state index in [0.29, 0.717) is 0 Å². The van der Waals surface area contributed by atoms with Crippen molar-refractivity contribution in [2.45, 2.75) is 20.3 Å². The van der Waals surface area contributed by atoms with Crippen LogP contribution in [0.15, 0.2) is 36.4 Å². The number of nitrogens with zero attached hydrogens (tertiary/aromatic N) is 1. The number of rotatable bonds is 3. The fourth-order valence-corrected chi connectivity index (χ4v) is 1.97. The van der Waals surface area contributed by atoms with Crippen LogP contribution in [-0.2, 0) is 6.42 Å². The van der Waals surface area contributed by atoms with Crippen molar-refractivity contribution in [3.05, 3.63) is 64.5 Å². The molecular formula is C15H15NO. The highest BCUT2D eigenvalue weighted by atomic mass is 16.1. The maximum Gasteiger partial charge on any atom is 0.150 e. The van der Waals surface area contributed by atoms with Crippen LogP contribution in [0, 0.1) is 13.8 Å². The molecule has 0 aliphatic carbocycles. The van der Waals surface area contributed by atoms with E-state index in [4.69, 9.17) is 0 Å². The van der Waals surface area contributed by atoms with E-state index in [1.807, 2.05) is 38.1 Å². The molecule has 1 aromatic heterocycles. The lowest BCUT2D eigenvalue weighted by molar-refractivity contribution is 0.112. The van der Waals surface area contributed by atoms with Crippen molar-refractivity contribution in [2.24, 2.45) is 0 Å². The lowest BCUT2D eigenvalue weighted by atomic mass is 10.0. The summed E-state index contributed by atoms with van der Waals surface area (Å²) in [6.07, 6.45) is 1.74. The molecule has 2 aromatic rings. The van der Waals surface area contributed by atoms with Crippen LogP contribution in [0.25, 0.3) is 0 Å². The normalized spacial score (nSPS) is 10.2. The third-order valence-electron chi connectivity index (χ3n) is 2.67. The molecule has 0 aliphatic heterocycles. The summed E-state index contributed by atoms with van der Waals surface area (Å²) >= 11 is 0. The van der Waals surface area contributed by atoms with E-state index in [1.165, 1.54) is 11.1 Å². The van der Waals surface area contributed by atoms with E-state index in [1.54, 1.807) is 0 Å². The summed E-state index contributed by atoms with van der Waals surface area (Å²) in [7, 11) is 0. The summed E-state index contributed by atoms with van der Waals surface area (Å²) in [5.41, 5.74) is 5.28. The Morgan fingerprint density at radius 3 is 2.12 bits per heavy atom. The number of aromatic nitrogens is 1. The second-order valence-electron chi connectivity index (χ2n) is 4.29. The SMILES string of the molecule is Cc1cc(Cc2ccc(C=O)cc2)cc(C)n1. The molecule has 2 rings (SSSR count). The van der Waals surface area contributed by atoms with E-state index in [9.17, 15) is 4.79 Å². The molecule has 0 fully saturated rings. The Bertz CT molecular complexity index is 509. The molecule has 0 N–H and O–H groups in total. The number of aldehydes is 1. The number of hydrogen-bond donors (Lipinski definition) is 0. The predicted molar refractivity (Wildman–Crippen MR) is 68.3 cm³/mol. The minimum atomic E-state index is 0.718. The quantitative estimate of drug-likeness (QED) is 0.751. The van der Waals surface area contributed by atoms with Gasteiger partial charge in [-0.25, -0.2) is 0 Å². The van der Waals surface area contributed by atoms with Gasteiger partial charge in [0.2, 0.25) is 0 Å². The first-order valence-corrected chi connectivity index (χ1v) is 5.65. The first-order chi connectivity index (χ1) is 8.17. The molecule has 0 saturated heterocycles. The second kappa shape index (κ2) is 4.91. The number of carbonyl (C=O) groups excluding carboxylic acids is 1. The van der Waals surface area contributed by atoms with E-state index < -0.39 is 0 Å². The monoisotopic (exact) mass is 225 g/mol. The van der Waals surface area contributed by atoms with Gasteiger partial charge in [0.05, 0.1) is 0 Å². The van der Waals surface area contributed by atoms with Gasteiger partial charge >= 0.3 is 0 Å². The summed E-state index contributed by atoms with van der Waals surface area (Å²) < 4.78 is 0. The number of carbonyl (C=O) groups is 1. The number of benzene rings is 1. The molecule has 0 aliphatic rings. The molecule has 17 heavy (non-hydrogen) atoms. The van der Waals surface area contributed by atoms with E-state index in [0.717, 1.165) is 29.7 Å². The third-order valence-corrected chi connectivity index (χ3v) is 2.67. The number of aryl methyl sites for hydroxylation is 2. The largest absolute Gasteiger partial charge is 0.298 e. The average molecular weight is 225 g/mol.